The first-order chi connectivity index (χ1) is 12.0. The van der Waals surface area contributed by atoms with Crippen molar-refractivity contribution in [2.75, 3.05) is 24.7 Å². The Balaban J connectivity index is 1.53. The lowest BCUT2D eigenvalue weighted by atomic mass is 10.00. The van der Waals surface area contributed by atoms with Crippen molar-refractivity contribution in [1.29, 1.82) is 0 Å². The van der Waals surface area contributed by atoms with E-state index in [1.807, 2.05) is 30.3 Å². The van der Waals surface area contributed by atoms with Crippen LogP contribution in [0.3, 0.4) is 0 Å². The SMILES string of the molecule is O=C(N[C@@H]1COCC[C@@H]1OCc1ccccc1)C1CCS(=O)(=O)CC1. The number of hydrogen-bond acceptors (Lipinski definition) is 5. The van der Waals surface area contributed by atoms with Crippen LogP contribution < -0.4 is 5.32 Å². The highest BCUT2D eigenvalue weighted by molar-refractivity contribution is 7.91. The minimum absolute atomic E-state index is 0.0845. The molecule has 25 heavy (non-hydrogen) atoms. The molecular formula is C18H25NO5S. The van der Waals surface area contributed by atoms with Gasteiger partial charge >= 0.3 is 0 Å². The smallest absolute Gasteiger partial charge is 0.223 e. The number of amides is 1. The minimum Gasteiger partial charge on any atom is -0.379 e. The molecule has 3 rings (SSSR count). The van der Waals surface area contributed by atoms with E-state index < -0.39 is 9.84 Å². The van der Waals surface area contributed by atoms with Gasteiger partial charge in [-0.2, -0.15) is 0 Å². The van der Waals surface area contributed by atoms with Gasteiger partial charge in [0, 0.05) is 12.5 Å². The van der Waals surface area contributed by atoms with E-state index in [4.69, 9.17) is 9.47 Å². The molecule has 2 saturated heterocycles. The summed E-state index contributed by atoms with van der Waals surface area (Å²) in [6.07, 6.45) is 1.44. The molecule has 1 aromatic carbocycles. The summed E-state index contributed by atoms with van der Waals surface area (Å²) < 4.78 is 34.5. The van der Waals surface area contributed by atoms with Crippen molar-refractivity contribution < 1.29 is 22.7 Å². The summed E-state index contributed by atoms with van der Waals surface area (Å²) in [5, 5.41) is 3.02. The van der Waals surface area contributed by atoms with Crippen molar-refractivity contribution >= 4 is 15.7 Å². The molecule has 0 spiro atoms. The molecule has 2 aliphatic rings. The van der Waals surface area contributed by atoms with Gasteiger partial charge in [0.2, 0.25) is 5.91 Å². The third-order valence-electron chi connectivity index (χ3n) is 4.85. The van der Waals surface area contributed by atoms with Gasteiger partial charge in [0.05, 0.1) is 36.9 Å². The third kappa shape index (κ3) is 5.26. The fourth-order valence-corrected chi connectivity index (χ4v) is 4.77. The van der Waals surface area contributed by atoms with Crippen molar-refractivity contribution in [3.63, 3.8) is 0 Å². The summed E-state index contributed by atoms with van der Waals surface area (Å²) in [6.45, 7) is 1.54. The summed E-state index contributed by atoms with van der Waals surface area (Å²) in [4.78, 5) is 12.5. The van der Waals surface area contributed by atoms with E-state index >= 15 is 0 Å². The first-order valence-corrected chi connectivity index (χ1v) is 10.6. The maximum absolute atomic E-state index is 12.5. The number of carbonyl (C=O) groups excluding carboxylic acids is 1. The zero-order valence-corrected chi connectivity index (χ0v) is 15.0. The van der Waals surface area contributed by atoms with E-state index in [0.717, 1.165) is 12.0 Å². The number of benzene rings is 1. The number of rotatable bonds is 5. The highest BCUT2D eigenvalue weighted by Gasteiger charge is 2.33. The van der Waals surface area contributed by atoms with Crippen LogP contribution in [0.25, 0.3) is 0 Å². The quantitative estimate of drug-likeness (QED) is 0.848. The molecule has 2 fully saturated rings. The van der Waals surface area contributed by atoms with Crippen LogP contribution in [-0.4, -0.2) is 51.2 Å². The molecule has 2 atom stereocenters. The molecule has 0 saturated carbocycles. The molecule has 0 aromatic heterocycles. The van der Waals surface area contributed by atoms with Gasteiger partial charge in [0.25, 0.3) is 0 Å². The van der Waals surface area contributed by atoms with Crippen molar-refractivity contribution in [1.82, 2.24) is 5.32 Å². The van der Waals surface area contributed by atoms with Gasteiger partial charge in [-0.15, -0.1) is 0 Å². The second-order valence-corrected chi connectivity index (χ2v) is 9.04. The van der Waals surface area contributed by atoms with E-state index in [-0.39, 0.29) is 35.5 Å². The molecule has 1 amide bonds. The molecule has 2 heterocycles. The first kappa shape index (κ1) is 18.4. The van der Waals surface area contributed by atoms with Gasteiger partial charge in [-0.3, -0.25) is 4.79 Å². The van der Waals surface area contributed by atoms with Crippen LogP contribution >= 0.6 is 0 Å². The zero-order valence-electron chi connectivity index (χ0n) is 14.2. The molecule has 0 radical (unpaired) electrons. The Kier molecular flexibility index (Phi) is 6.09. The summed E-state index contributed by atoms with van der Waals surface area (Å²) in [6, 6.07) is 9.73. The minimum atomic E-state index is -2.96. The Bertz CT molecular complexity index is 662. The number of hydrogen-bond donors (Lipinski definition) is 1. The van der Waals surface area contributed by atoms with Gasteiger partial charge in [0.1, 0.15) is 9.84 Å². The maximum atomic E-state index is 12.5. The fourth-order valence-electron chi connectivity index (χ4n) is 3.28. The van der Waals surface area contributed by atoms with E-state index in [1.54, 1.807) is 0 Å². The van der Waals surface area contributed by atoms with E-state index in [9.17, 15) is 13.2 Å². The average molecular weight is 367 g/mol. The topological polar surface area (TPSA) is 81.7 Å². The number of sulfone groups is 1. The molecule has 138 valence electrons. The van der Waals surface area contributed by atoms with Gasteiger partial charge < -0.3 is 14.8 Å². The van der Waals surface area contributed by atoms with Gasteiger partial charge in [-0.25, -0.2) is 8.42 Å². The Hall–Kier alpha value is -1.44. The van der Waals surface area contributed by atoms with Crippen molar-refractivity contribution in [3.8, 4) is 0 Å². The second kappa shape index (κ2) is 8.29. The third-order valence-corrected chi connectivity index (χ3v) is 6.57. The number of carbonyl (C=O) groups is 1. The van der Waals surface area contributed by atoms with Crippen LogP contribution in [0.5, 0.6) is 0 Å². The molecule has 7 heteroatoms. The standard InChI is InChI=1S/C18H25NO5S/c20-18(15-7-10-25(21,22)11-8-15)19-16-13-23-9-6-17(16)24-12-14-4-2-1-3-5-14/h1-5,15-17H,6-13H2,(H,19,20)/t16-,17+/m1/s1. The molecular weight excluding hydrogens is 342 g/mol. The van der Waals surface area contributed by atoms with E-state index in [1.165, 1.54) is 0 Å². The average Bonchev–Trinajstić information content (AvgIpc) is 2.62. The number of ether oxygens (including phenoxy) is 2. The van der Waals surface area contributed by atoms with E-state index in [0.29, 0.717) is 32.7 Å². The molecule has 1 aromatic rings. The largest absolute Gasteiger partial charge is 0.379 e. The van der Waals surface area contributed by atoms with Crippen molar-refractivity contribution in [3.05, 3.63) is 35.9 Å². The Morgan fingerprint density at radius 1 is 1.16 bits per heavy atom. The van der Waals surface area contributed by atoms with Crippen LogP contribution in [-0.2, 0) is 30.7 Å². The lowest BCUT2D eigenvalue weighted by molar-refractivity contribution is -0.130. The molecule has 2 aliphatic heterocycles. The predicted octanol–water partition coefficient (Wildman–Crippen LogP) is 1.30. The second-order valence-electron chi connectivity index (χ2n) is 6.74. The monoisotopic (exact) mass is 367 g/mol. The van der Waals surface area contributed by atoms with Crippen LogP contribution in [0.2, 0.25) is 0 Å². The van der Waals surface area contributed by atoms with Gasteiger partial charge in [0.15, 0.2) is 0 Å². The summed E-state index contributed by atoms with van der Waals surface area (Å²) in [7, 11) is -2.96. The Morgan fingerprint density at radius 2 is 1.88 bits per heavy atom. The van der Waals surface area contributed by atoms with Crippen LogP contribution in [0.1, 0.15) is 24.8 Å². The Labute approximate surface area is 148 Å². The summed E-state index contributed by atoms with van der Waals surface area (Å²) in [5.74, 6) is -0.126. The molecule has 6 nitrogen and oxygen atoms in total. The van der Waals surface area contributed by atoms with Crippen molar-refractivity contribution in [2.45, 2.75) is 38.0 Å². The normalized spacial score (nSPS) is 26.9. The fraction of sp³-hybridized carbons (Fsp3) is 0.611. The predicted molar refractivity (Wildman–Crippen MR) is 93.8 cm³/mol. The van der Waals surface area contributed by atoms with Gasteiger partial charge in [-0.05, 0) is 24.8 Å². The highest BCUT2D eigenvalue weighted by atomic mass is 32.2. The maximum Gasteiger partial charge on any atom is 0.223 e. The first-order valence-electron chi connectivity index (χ1n) is 8.77. The Morgan fingerprint density at radius 3 is 2.60 bits per heavy atom. The highest BCUT2D eigenvalue weighted by Crippen LogP contribution is 2.21. The zero-order chi connectivity index (χ0) is 17.7. The molecule has 0 unspecified atom stereocenters. The summed E-state index contributed by atoms with van der Waals surface area (Å²) >= 11 is 0. The van der Waals surface area contributed by atoms with Crippen LogP contribution in [0.4, 0.5) is 0 Å². The van der Waals surface area contributed by atoms with Crippen LogP contribution in [0, 0.1) is 5.92 Å². The van der Waals surface area contributed by atoms with Gasteiger partial charge in [-0.1, -0.05) is 30.3 Å². The molecule has 1 N–H and O–H groups in total. The molecule has 0 bridgehead atoms. The summed E-state index contributed by atoms with van der Waals surface area (Å²) in [5.41, 5.74) is 1.09. The lowest BCUT2D eigenvalue weighted by Gasteiger charge is -2.33. The van der Waals surface area contributed by atoms with Crippen LogP contribution in [0.15, 0.2) is 30.3 Å². The number of nitrogens with one attached hydrogen (secondary N) is 1. The van der Waals surface area contributed by atoms with Crippen molar-refractivity contribution in [2.24, 2.45) is 5.92 Å². The lowest BCUT2D eigenvalue weighted by Crippen LogP contribution is -2.52. The van der Waals surface area contributed by atoms with E-state index in [2.05, 4.69) is 5.32 Å². The molecule has 0 aliphatic carbocycles.